The summed E-state index contributed by atoms with van der Waals surface area (Å²) in [6.07, 6.45) is 1.81. The molecule has 14 heavy (non-hydrogen) atoms. The SMILES string of the molecule is CC(C)N(C)C(CN)c1ccccn1. The normalized spacial score (nSPS) is 13.6. The van der Waals surface area contributed by atoms with Crippen molar-refractivity contribution in [1.29, 1.82) is 0 Å². The van der Waals surface area contributed by atoms with E-state index in [4.69, 9.17) is 5.73 Å². The van der Waals surface area contributed by atoms with Crippen LogP contribution in [0, 0.1) is 0 Å². The fourth-order valence-corrected chi connectivity index (χ4v) is 1.43. The minimum atomic E-state index is 0.219. The monoisotopic (exact) mass is 193 g/mol. The second kappa shape index (κ2) is 5.08. The highest BCUT2D eigenvalue weighted by Gasteiger charge is 2.18. The maximum absolute atomic E-state index is 5.76. The Kier molecular flexibility index (Phi) is 4.04. The van der Waals surface area contributed by atoms with Crippen LogP contribution in [-0.2, 0) is 0 Å². The van der Waals surface area contributed by atoms with Gasteiger partial charge in [-0.15, -0.1) is 0 Å². The fraction of sp³-hybridized carbons (Fsp3) is 0.545. The number of rotatable bonds is 4. The van der Waals surface area contributed by atoms with Crippen LogP contribution in [0.25, 0.3) is 0 Å². The predicted octanol–water partition coefficient (Wildman–Crippen LogP) is 1.42. The van der Waals surface area contributed by atoms with E-state index in [1.807, 2.05) is 24.4 Å². The van der Waals surface area contributed by atoms with Gasteiger partial charge in [0, 0.05) is 18.8 Å². The molecule has 0 spiro atoms. The molecule has 2 N–H and O–H groups in total. The zero-order chi connectivity index (χ0) is 10.6. The molecule has 1 atom stereocenters. The molecule has 78 valence electrons. The molecule has 1 aromatic heterocycles. The van der Waals surface area contributed by atoms with Crippen molar-refractivity contribution in [1.82, 2.24) is 9.88 Å². The van der Waals surface area contributed by atoms with E-state index < -0.39 is 0 Å². The summed E-state index contributed by atoms with van der Waals surface area (Å²) in [6, 6.07) is 6.64. The van der Waals surface area contributed by atoms with Crippen molar-refractivity contribution >= 4 is 0 Å². The molecule has 0 aliphatic rings. The highest BCUT2D eigenvalue weighted by Crippen LogP contribution is 2.17. The van der Waals surface area contributed by atoms with Crippen LogP contribution in [0.2, 0.25) is 0 Å². The molecule has 1 rings (SSSR count). The molecule has 0 aliphatic carbocycles. The van der Waals surface area contributed by atoms with Crippen LogP contribution in [0.1, 0.15) is 25.6 Å². The molecule has 0 amide bonds. The molecule has 3 nitrogen and oxygen atoms in total. The second-order valence-corrected chi connectivity index (χ2v) is 3.77. The van der Waals surface area contributed by atoms with Crippen LogP contribution < -0.4 is 5.73 Å². The van der Waals surface area contributed by atoms with Crippen molar-refractivity contribution < 1.29 is 0 Å². The first kappa shape index (κ1) is 11.1. The van der Waals surface area contributed by atoms with Crippen molar-refractivity contribution in [2.24, 2.45) is 5.73 Å². The maximum Gasteiger partial charge on any atom is 0.0644 e. The Morgan fingerprint density at radius 1 is 1.43 bits per heavy atom. The third-order valence-corrected chi connectivity index (χ3v) is 2.56. The molecule has 1 unspecified atom stereocenters. The van der Waals surface area contributed by atoms with Gasteiger partial charge in [-0.2, -0.15) is 0 Å². The van der Waals surface area contributed by atoms with Gasteiger partial charge in [0.15, 0.2) is 0 Å². The first-order chi connectivity index (χ1) is 6.66. The van der Waals surface area contributed by atoms with E-state index in [-0.39, 0.29) is 6.04 Å². The van der Waals surface area contributed by atoms with E-state index in [0.717, 1.165) is 5.69 Å². The summed E-state index contributed by atoms with van der Waals surface area (Å²) in [5.74, 6) is 0. The lowest BCUT2D eigenvalue weighted by Gasteiger charge is -2.29. The first-order valence-corrected chi connectivity index (χ1v) is 4.99. The Morgan fingerprint density at radius 3 is 2.57 bits per heavy atom. The summed E-state index contributed by atoms with van der Waals surface area (Å²) in [6.45, 7) is 4.92. The molecule has 0 saturated heterocycles. The van der Waals surface area contributed by atoms with Gasteiger partial charge in [-0.1, -0.05) is 6.07 Å². The van der Waals surface area contributed by atoms with Gasteiger partial charge < -0.3 is 5.73 Å². The van der Waals surface area contributed by atoms with E-state index in [1.165, 1.54) is 0 Å². The molecule has 0 bridgehead atoms. The Bertz CT molecular complexity index is 258. The summed E-state index contributed by atoms with van der Waals surface area (Å²) in [5.41, 5.74) is 6.81. The zero-order valence-corrected chi connectivity index (χ0v) is 9.14. The number of hydrogen-bond donors (Lipinski definition) is 1. The largest absolute Gasteiger partial charge is 0.329 e. The third kappa shape index (κ3) is 2.53. The molecule has 0 fully saturated rings. The fourth-order valence-electron chi connectivity index (χ4n) is 1.43. The number of pyridine rings is 1. The number of hydrogen-bond acceptors (Lipinski definition) is 3. The average Bonchev–Trinajstić information content (AvgIpc) is 2.20. The van der Waals surface area contributed by atoms with Crippen molar-refractivity contribution in [3.8, 4) is 0 Å². The first-order valence-electron chi connectivity index (χ1n) is 4.99. The number of nitrogens with two attached hydrogens (primary N) is 1. The van der Waals surface area contributed by atoms with E-state index in [0.29, 0.717) is 12.6 Å². The molecule has 1 heterocycles. The summed E-state index contributed by atoms with van der Waals surface area (Å²) >= 11 is 0. The smallest absolute Gasteiger partial charge is 0.0644 e. The molecular weight excluding hydrogens is 174 g/mol. The topological polar surface area (TPSA) is 42.1 Å². The van der Waals surface area contributed by atoms with Gasteiger partial charge in [-0.3, -0.25) is 9.88 Å². The Hall–Kier alpha value is -0.930. The Labute approximate surface area is 85.9 Å². The van der Waals surface area contributed by atoms with Gasteiger partial charge in [-0.25, -0.2) is 0 Å². The number of aromatic nitrogens is 1. The minimum absolute atomic E-state index is 0.219. The molecule has 0 saturated carbocycles. The van der Waals surface area contributed by atoms with E-state index in [2.05, 4.69) is 30.8 Å². The van der Waals surface area contributed by atoms with Crippen LogP contribution >= 0.6 is 0 Å². The number of likely N-dealkylation sites (N-methyl/N-ethyl adjacent to an activating group) is 1. The molecular formula is C11H19N3. The van der Waals surface area contributed by atoms with E-state index in [1.54, 1.807) is 0 Å². The summed E-state index contributed by atoms with van der Waals surface area (Å²) in [7, 11) is 2.08. The van der Waals surface area contributed by atoms with E-state index >= 15 is 0 Å². The maximum atomic E-state index is 5.76. The molecule has 0 radical (unpaired) electrons. The zero-order valence-electron chi connectivity index (χ0n) is 9.14. The van der Waals surface area contributed by atoms with Gasteiger partial charge in [-0.05, 0) is 33.0 Å². The molecule has 0 aliphatic heterocycles. The van der Waals surface area contributed by atoms with Crippen LogP contribution in [0.15, 0.2) is 24.4 Å². The summed E-state index contributed by atoms with van der Waals surface area (Å²) < 4.78 is 0. The minimum Gasteiger partial charge on any atom is -0.329 e. The lowest BCUT2D eigenvalue weighted by molar-refractivity contribution is 0.197. The summed E-state index contributed by atoms with van der Waals surface area (Å²) in [4.78, 5) is 6.57. The van der Waals surface area contributed by atoms with Gasteiger partial charge in [0.1, 0.15) is 0 Å². The Balaban J connectivity index is 2.82. The summed E-state index contributed by atoms with van der Waals surface area (Å²) in [5, 5.41) is 0. The van der Waals surface area contributed by atoms with Gasteiger partial charge in [0.2, 0.25) is 0 Å². The molecule has 1 aromatic rings. The van der Waals surface area contributed by atoms with Crippen molar-refractivity contribution in [2.75, 3.05) is 13.6 Å². The number of nitrogens with zero attached hydrogens (tertiary/aromatic N) is 2. The van der Waals surface area contributed by atoms with Crippen LogP contribution in [0.5, 0.6) is 0 Å². The second-order valence-electron chi connectivity index (χ2n) is 3.77. The highest BCUT2D eigenvalue weighted by molar-refractivity contribution is 5.09. The quantitative estimate of drug-likeness (QED) is 0.786. The predicted molar refractivity (Wildman–Crippen MR) is 58.9 cm³/mol. The van der Waals surface area contributed by atoms with Crippen LogP contribution in [0.4, 0.5) is 0 Å². The highest BCUT2D eigenvalue weighted by atomic mass is 15.2. The van der Waals surface area contributed by atoms with Crippen molar-refractivity contribution in [3.63, 3.8) is 0 Å². The third-order valence-electron chi connectivity index (χ3n) is 2.56. The van der Waals surface area contributed by atoms with Gasteiger partial charge in [0.05, 0.1) is 11.7 Å². The Morgan fingerprint density at radius 2 is 2.14 bits per heavy atom. The van der Waals surface area contributed by atoms with E-state index in [9.17, 15) is 0 Å². The van der Waals surface area contributed by atoms with Crippen molar-refractivity contribution in [3.05, 3.63) is 30.1 Å². The van der Waals surface area contributed by atoms with Gasteiger partial charge in [0.25, 0.3) is 0 Å². The molecule has 3 heteroatoms. The lowest BCUT2D eigenvalue weighted by atomic mass is 10.1. The van der Waals surface area contributed by atoms with Crippen LogP contribution in [0.3, 0.4) is 0 Å². The van der Waals surface area contributed by atoms with Gasteiger partial charge >= 0.3 is 0 Å². The standard InChI is InChI=1S/C11H19N3/c1-9(2)14(3)11(8-12)10-6-4-5-7-13-10/h4-7,9,11H,8,12H2,1-3H3. The lowest BCUT2D eigenvalue weighted by Crippen LogP contribution is -2.35. The average molecular weight is 193 g/mol. The molecule has 0 aromatic carbocycles. The van der Waals surface area contributed by atoms with Crippen molar-refractivity contribution in [2.45, 2.75) is 25.9 Å². The van der Waals surface area contributed by atoms with Crippen LogP contribution in [-0.4, -0.2) is 29.5 Å².